The Balaban J connectivity index is 2.09. The fourth-order valence-corrected chi connectivity index (χ4v) is 3.97. The van der Waals surface area contributed by atoms with Crippen LogP contribution in [0.4, 0.5) is 0 Å². The molecule has 0 saturated heterocycles. The van der Waals surface area contributed by atoms with E-state index in [0.717, 1.165) is 10.2 Å². The molecule has 0 atom stereocenters. The number of rotatable bonds is 5. The third-order valence-corrected chi connectivity index (χ3v) is 5.50. The van der Waals surface area contributed by atoms with Crippen LogP contribution in [0.3, 0.4) is 0 Å². The molecule has 130 valence electrons. The van der Waals surface area contributed by atoms with E-state index in [4.69, 9.17) is 9.47 Å². The molecule has 0 spiro atoms. The number of ether oxygens (including phenoxy) is 2. The lowest BCUT2D eigenvalue weighted by molar-refractivity contribution is -0.140. The van der Waals surface area contributed by atoms with Crippen molar-refractivity contribution >= 4 is 44.8 Å². The van der Waals surface area contributed by atoms with Gasteiger partial charge in [0.25, 0.3) is 5.91 Å². The van der Waals surface area contributed by atoms with Crippen molar-refractivity contribution in [3.8, 4) is 5.75 Å². The van der Waals surface area contributed by atoms with Gasteiger partial charge in [-0.25, -0.2) is 0 Å². The third-order valence-electron chi connectivity index (χ3n) is 3.59. The summed E-state index contributed by atoms with van der Waals surface area (Å²) in [5.74, 6) is 0.0962. The number of hydrogen-bond acceptors (Lipinski definition) is 6. The largest absolute Gasteiger partial charge is 0.497 e. The smallest absolute Gasteiger partial charge is 0.307 e. The quantitative estimate of drug-likeness (QED) is 0.642. The van der Waals surface area contributed by atoms with Crippen LogP contribution in [0.1, 0.15) is 16.1 Å². The van der Waals surface area contributed by atoms with E-state index >= 15 is 0 Å². The Morgan fingerprint density at radius 2 is 2.08 bits per heavy atom. The van der Waals surface area contributed by atoms with Crippen LogP contribution < -0.4 is 9.54 Å². The van der Waals surface area contributed by atoms with Crippen molar-refractivity contribution in [1.82, 2.24) is 4.57 Å². The molecule has 1 amide bonds. The lowest BCUT2D eigenvalue weighted by Gasteiger charge is -2.05. The molecule has 0 bridgehead atoms. The number of methoxy groups -OCH3 is 2. The number of carbonyl (C=O) groups is 2. The van der Waals surface area contributed by atoms with E-state index in [1.54, 1.807) is 13.2 Å². The summed E-state index contributed by atoms with van der Waals surface area (Å²) < 4.78 is 12.8. The average molecular weight is 376 g/mol. The number of hydrogen-bond donors (Lipinski definition) is 0. The lowest BCUT2D eigenvalue weighted by Crippen LogP contribution is -2.19. The van der Waals surface area contributed by atoms with Crippen LogP contribution in [0, 0.1) is 0 Å². The van der Waals surface area contributed by atoms with E-state index in [9.17, 15) is 9.59 Å². The number of benzene rings is 1. The second-order valence-corrected chi connectivity index (χ2v) is 7.05. The minimum Gasteiger partial charge on any atom is -0.497 e. The molecule has 1 aromatic carbocycles. The van der Waals surface area contributed by atoms with Gasteiger partial charge >= 0.3 is 5.97 Å². The van der Waals surface area contributed by atoms with Gasteiger partial charge in [0.2, 0.25) is 0 Å². The number of thiazole rings is 1. The molecule has 0 fully saturated rings. The molecule has 2 heterocycles. The van der Waals surface area contributed by atoms with Crippen LogP contribution in [-0.2, 0) is 16.1 Å². The average Bonchev–Trinajstić information content (AvgIpc) is 3.27. The molecule has 0 saturated carbocycles. The number of fused-ring (bicyclic) bond motifs is 1. The van der Waals surface area contributed by atoms with Crippen molar-refractivity contribution in [1.29, 1.82) is 0 Å². The van der Waals surface area contributed by atoms with E-state index in [2.05, 4.69) is 4.99 Å². The van der Waals surface area contributed by atoms with Crippen molar-refractivity contribution < 1.29 is 19.1 Å². The molecule has 0 aliphatic heterocycles. The zero-order chi connectivity index (χ0) is 17.8. The van der Waals surface area contributed by atoms with Crippen LogP contribution in [0.2, 0.25) is 0 Å². The number of amides is 1. The van der Waals surface area contributed by atoms with Crippen LogP contribution >= 0.6 is 22.7 Å². The van der Waals surface area contributed by atoms with E-state index in [1.807, 2.05) is 34.2 Å². The lowest BCUT2D eigenvalue weighted by atomic mass is 10.3. The summed E-state index contributed by atoms with van der Waals surface area (Å²) in [6.07, 6.45) is 0.194. The number of aryl methyl sites for hydroxylation is 1. The monoisotopic (exact) mass is 376 g/mol. The number of carbonyl (C=O) groups excluding carboxylic acids is 2. The second kappa shape index (κ2) is 7.62. The minimum absolute atomic E-state index is 0.194. The van der Waals surface area contributed by atoms with Gasteiger partial charge in [-0.15, -0.1) is 11.3 Å². The molecule has 3 aromatic rings. The van der Waals surface area contributed by atoms with Crippen molar-refractivity contribution in [2.45, 2.75) is 13.0 Å². The molecule has 6 nitrogen and oxygen atoms in total. The Morgan fingerprint density at radius 3 is 2.76 bits per heavy atom. The van der Waals surface area contributed by atoms with Crippen molar-refractivity contribution in [2.24, 2.45) is 4.99 Å². The van der Waals surface area contributed by atoms with Gasteiger partial charge in [-0.1, -0.05) is 17.4 Å². The van der Waals surface area contributed by atoms with Gasteiger partial charge in [0, 0.05) is 12.6 Å². The summed E-state index contributed by atoms with van der Waals surface area (Å²) in [5, 5.41) is 1.84. The summed E-state index contributed by atoms with van der Waals surface area (Å²) in [5.41, 5.74) is 0.867. The molecule has 2 aromatic heterocycles. The van der Waals surface area contributed by atoms with Gasteiger partial charge in [0.15, 0.2) is 4.80 Å². The molecule has 25 heavy (non-hydrogen) atoms. The van der Waals surface area contributed by atoms with Crippen LogP contribution in [0.5, 0.6) is 5.75 Å². The van der Waals surface area contributed by atoms with E-state index in [0.29, 0.717) is 22.0 Å². The summed E-state index contributed by atoms with van der Waals surface area (Å²) in [6.45, 7) is 0.371. The first kappa shape index (κ1) is 17.4. The highest BCUT2D eigenvalue weighted by atomic mass is 32.1. The predicted octanol–water partition coefficient (Wildman–Crippen LogP) is 3.08. The zero-order valence-electron chi connectivity index (χ0n) is 13.7. The van der Waals surface area contributed by atoms with Gasteiger partial charge in [-0.2, -0.15) is 4.99 Å². The summed E-state index contributed by atoms with van der Waals surface area (Å²) in [7, 11) is 2.95. The van der Waals surface area contributed by atoms with E-state index < -0.39 is 0 Å². The molecule has 0 aliphatic rings. The van der Waals surface area contributed by atoms with E-state index in [-0.39, 0.29) is 18.3 Å². The Hall–Kier alpha value is -2.45. The van der Waals surface area contributed by atoms with E-state index in [1.165, 1.54) is 29.8 Å². The maximum absolute atomic E-state index is 12.3. The number of aromatic nitrogens is 1. The van der Waals surface area contributed by atoms with Crippen LogP contribution in [0.15, 0.2) is 40.7 Å². The fourth-order valence-electron chi connectivity index (χ4n) is 2.32. The van der Waals surface area contributed by atoms with Gasteiger partial charge in [0.05, 0.1) is 35.7 Å². The summed E-state index contributed by atoms with van der Waals surface area (Å²) >= 11 is 2.75. The first-order chi connectivity index (χ1) is 12.1. The molecule has 8 heteroatoms. The van der Waals surface area contributed by atoms with Crippen LogP contribution in [-0.4, -0.2) is 30.7 Å². The highest BCUT2D eigenvalue weighted by molar-refractivity contribution is 7.16. The molecule has 0 radical (unpaired) electrons. The second-order valence-electron chi connectivity index (χ2n) is 5.09. The highest BCUT2D eigenvalue weighted by Gasteiger charge is 2.12. The van der Waals surface area contributed by atoms with Gasteiger partial charge in [-0.3, -0.25) is 9.59 Å². The molecule has 0 aliphatic carbocycles. The maximum Gasteiger partial charge on any atom is 0.307 e. The summed E-state index contributed by atoms with van der Waals surface area (Å²) in [6, 6.07) is 9.20. The number of nitrogens with zero attached hydrogens (tertiary/aromatic N) is 2. The minimum atomic E-state index is -0.315. The molecular formula is C17H16N2O4S2. The van der Waals surface area contributed by atoms with Crippen molar-refractivity contribution in [3.63, 3.8) is 0 Å². The predicted molar refractivity (Wildman–Crippen MR) is 97.2 cm³/mol. The first-order valence-electron chi connectivity index (χ1n) is 7.49. The normalized spacial score (nSPS) is 11.7. The number of thiophene rings is 1. The van der Waals surface area contributed by atoms with Gasteiger partial charge < -0.3 is 14.0 Å². The molecular weight excluding hydrogens is 360 g/mol. The zero-order valence-corrected chi connectivity index (χ0v) is 15.4. The van der Waals surface area contributed by atoms with Gasteiger partial charge in [0.1, 0.15) is 5.75 Å². The SMILES string of the molecule is COC(=O)CCn1c(=NC(=O)c2cccs2)sc2ccc(OC)cc21. The van der Waals surface area contributed by atoms with Gasteiger partial charge in [-0.05, 0) is 23.6 Å². The Morgan fingerprint density at radius 1 is 1.24 bits per heavy atom. The topological polar surface area (TPSA) is 69.9 Å². The summed E-state index contributed by atoms with van der Waals surface area (Å²) in [4.78, 5) is 29.3. The third kappa shape index (κ3) is 3.80. The fraction of sp³-hybridized carbons (Fsp3) is 0.235. The standard InChI is InChI=1S/C17H16N2O4S2/c1-22-11-5-6-13-12(10-11)19(8-7-15(20)23-2)17(25-13)18-16(21)14-4-3-9-24-14/h3-6,9-10H,7-8H2,1-2H3. The maximum atomic E-state index is 12.3. The van der Waals surface area contributed by atoms with Crippen molar-refractivity contribution in [3.05, 3.63) is 45.4 Å². The highest BCUT2D eigenvalue weighted by Crippen LogP contribution is 2.23. The first-order valence-corrected chi connectivity index (χ1v) is 9.18. The molecule has 3 rings (SSSR count). The Bertz CT molecular complexity index is 970. The van der Waals surface area contributed by atoms with Crippen molar-refractivity contribution in [2.75, 3.05) is 14.2 Å². The Labute approximate surface area is 152 Å². The molecule has 0 N–H and O–H groups in total. The Kier molecular flexibility index (Phi) is 5.30. The number of esters is 1. The van der Waals surface area contributed by atoms with Crippen LogP contribution in [0.25, 0.3) is 10.2 Å². The molecule has 0 unspecified atom stereocenters.